The van der Waals surface area contributed by atoms with E-state index >= 15 is 0 Å². The molecule has 2 nitrogen and oxygen atoms in total. The molecule has 1 aliphatic rings. The highest BCUT2D eigenvalue weighted by molar-refractivity contribution is 5.31. The maximum Gasteiger partial charge on any atom is 0.0425 e. The van der Waals surface area contributed by atoms with Gasteiger partial charge in [-0.2, -0.15) is 0 Å². The zero-order chi connectivity index (χ0) is 7.68. The Labute approximate surface area is 66.4 Å². The van der Waals surface area contributed by atoms with Crippen molar-refractivity contribution in [1.82, 2.24) is 5.32 Å². The highest BCUT2D eigenvalue weighted by Gasteiger charge is 2.14. The minimum Gasteiger partial charge on any atom is -0.323 e. The van der Waals surface area contributed by atoms with Gasteiger partial charge in [-0.1, -0.05) is 24.3 Å². The van der Waals surface area contributed by atoms with Gasteiger partial charge in [-0.3, -0.25) is 0 Å². The third-order valence-corrected chi connectivity index (χ3v) is 2.13. The van der Waals surface area contributed by atoms with E-state index in [-0.39, 0.29) is 6.04 Å². The average molecular weight is 148 g/mol. The molecule has 1 aromatic carbocycles. The Bertz CT molecular complexity index is 257. The van der Waals surface area contributed by atoms with E-state index in [0.717, 1.165) is 13.1 Å². The van der Waals surface area contributed by atoms with Crippen LogP contribution in [0, 0.1) is 0 Å². The van der Waals surface area contributed by atoms with Gasteiger partial charge in [0, 0.05) is 19.1 Å². The molecule has 1 aliphatic heterocycles. The molecule has 1 aromatic rings. The van der Waals surface area contributed by atoms with Gasteiger partial charge in [-0.15, -0.1) is 0 Å². The molecule has 0 aromatic heterocycles. The monoisotopic (exact) mass is 148 g/mol. The molecule has 0 fully saturated rings. The summed E-state index contributed by atoms with van der Waals surface area (Å²) in [6, 6.07) is 8.52. The van der Waals surface area contributed by atoms with Crippen molar-refractivity contribution >= 4 is 0 Å². The van der Waals surface area contributed by atoms with Crippen LogP contribution in [0.4, 0.5) is 0 Å². The van der Waals surface area contributed by atoms with Gasteiger partial charge in [-0.05, 0) is 11.1 Å². The summed E-state index contributed by atoms with van der Waals surface area (Å²) in [5.41, 5.74) is 8.52. The summed E-state index contributed by atoms with van der Waals surface area (Å²) in [5.74, 6) is 0. The molecule has 58 valence electrons. The van der Waals surface area contributed by atoms with Crippen molar-refractivity contribution in [3.05, 3.63) is 35.4 Å². The number of rotatable bonds is 0. The molecule has 0 bridgehead atoms. The van der Waals surface area contributed by atoms with Gasteiger partial charge in [0.15, 0.2) is 0 Å². The van der Waals surface area contributed by atoms with E-state index < -0.39 is 0 Å². The van der Waals surface area contributed by atoms with Crippen molar-refractivity contribution in [1.29, 1.82) is 0 Å². The van der Waals surface area contributed by atoms with Crippen LogP contribution in [0.5, 0.6) is 0 Å². The Morgan fingerprint density at radius 3 is 3.00 bits per heavy atom. The topological polar surface area (TPSA) is 38.0 Å². The molecule has 0 saturated heterocycles. The smallest absolute Gasteiger partial charge is 0.0425 e. The van der Waals surface area contributed by atoms with Crippen LogP contribution in [0.1, 0.15) is 17.2 Å². The lowest BCUT2D eigenvalue weighted by Gasteiger charge is -2.22. The predicted molar refractivity (Wildman–Crippen MR) is 45.1 cm³/mol. The van der Waals surface area contributed by atoms with Crippen molar-refractivity contribution in [2.45, 2.75) is 12.6 Å². The van der Waals surface area contributed by atoms with E-state index in [1.807, 2.05) is 6.07 Å². The molecule has 0 saturated carbocycles. The quantitative estimate of drug-likeness (QED) is 0.571. The second-order valence-corrected chi connectivity index (χ2v) is 2.94. The number of nitrogens with two attached hydrogens (primary N) is 1. The molecule has 11 heavy (non-hydrogen) atoms. The van der Waals surface area contributed by atoms with Gasteiger partial charge in [0.05, 0.1) is 0 Å². The lowest BCUT2D eigenvalue weighted by Crippen LogP contribution is -2.32. The summed E-state index contributed by atoms with van der Waals surface area (Å²) < 4.78 is 0. The zero-order valence-electron chi connectivity index (χ0n) is 6.38. The Morgan fingerprint density at radius 2 is 2.18 bits per heavy atom. The molecule has 2 rings (SSSR count). The standard InChI is InChI=1S/C9H12N2/c10-9-6-11-5-7-3-1-2-4-8(7)9/h1-4,9,11H,5-6,10H2. The van der Waals surface area contributed by atoms with E-state index in [0.29, 0.717) is 0 Å². The second kappa shape index (κ2) is 2.64. The van der Waals surface area contributed by atoms with Crippen LogP contribution >= 0.6 is 0 Å². The summed E-state index contributed by atoms with van der Waals surface area (Å²) in [6.07, 6.45) is 0. The number of hydrogen-bond acceptors (Lipinski definition) is 2. The van der Waals surface area contributed by atoms with Gasteiger partial charge in [0.1, 0.15) is 0 Å². The Balaban J connectivity index is 2.44. The fourth-order valence-corrected chi connectivity index (χ4v) is 1.53. The minimum absolute atomic E-state index is 0.181. The van der Waals surface area contributed by atoms with Crippen molar-refractivity contribution in [3.63, 3.8) is 0 Å². The molecular formula is C9H12N2. The van der Waals surface area contributed by atoms with Crippen LogP contribution in [0.2, 0.25) is 0 Å². The second-order valence-electron chi connectivity index (χ2n) is 2.94. The first kappa shape index (κ1) is 6.83. The van der Waals surface area contributed by atoms with Crippen molar-refractivity contribution in [3.8, 4) is 0 Å². The largest absolute Gasteiger partial charge is 0.323 e. The molecule has 3 N–H and O–H groups in total. The third-order valence-electron chi connectivity index (χ3n) is 2.13. The Kier molecular flexibility index (Phi) is 1.64. The maximum absolute atomic E-state index is 5.88. The van der Waals surface area contributed by atoms with Crippen LogP contribution in [0.15, 0.2) is 24.3 Å². The maximum atomic E-state index is 5.88. The molecule has 0 aliphatic carbocycles. The highest BCUT2D eigenvalue weighted by Crippen LogP contribution is 2.18. The third kappa shape index (κ3) is 1.15. The first-order chi connectivity index (χ1) is 5.38. The van der Waals surface area contributed by atoms with E-state index in [1.54, 1.807) is 0 Å². The van der Waals surface area contributed by atoms with Crippen LogP contribution in [0.3, 0.4) is 0 Å². The number of hydrogen-bond donors (Lipinski definition) is 2. The lowest BCUT2D eigenvalue weighted by atomic mass is 9.98. The molecule has 0 spiro atoms. The summed E-state index contributed by atoms with van der Waals surface area (Å²) >= 11 is 0. The Hall–Kier alpha value is -0.860. The minimum atomic E-state index is 0.181. The van der Waals surface area contributed by atoms with Gasteiger partial charge in [0.25, 0.3) is 0 Å². The van der Waals surface area contributed by atoms with E-state index in [4.69, 9.17) is 5.73 Å². The fourth-order valence-electron chi connectivity index (χ4n) is 1.53. The first-order valence-corrected chi connectivity index (χ1v) is 3.92. The van der Waals surface area contributed by atoms with E-state index in [1.165, 1.54) is 11.1 Å². The number of benzene rings is 1. The van der Waals surface area contributed by atoms with Gasteiger partial charge in [-0.25, -0.2) is 0 Å². The van der Waals surface area contributed by atoms with Crippen molar-refractivity contribution in [2.75, 3.05) is 6.54 Å². The highest BCUT2D eigenvalue weighted by atomic mass is 14.9. The fraction of sp³-hybridized carbons (Fsp3) is 0.333. The molecule has 0 amide bonds. The van der Waals surface area contributed by atoms with Crippen molar-refractivity contribution < 1.29 is 0 Å². The van der Waals surface area contributed by atoms with E-state index in [2.05, 4.69) is 23.5 Å². The lowest BCUT2D eigenvalue weighted by molar-refractivity contribution is 0.555. The van der Waals surface area contributed by atoms with Crippen LogP contribution in [0.25, 0.3) is 0 Å². The summed E-state index contributed by atoms with van der Waals surface area (Å²) in [7, 11) is 0. The SMILES string of the molecule is NC1CNCc2ccccc21. The predicted octanol–water partition coefficient (Wildman–Crippen LogP) is 0.790. The number of nitrogens with one attached hydrogen (secondary N) is 1. The summed E-state index contributed by atoms with van der Waals surface area (Å²) in [6.45, 7) is 1.86. The summed E-state index contributed by atoms with van der Waals surface area (Å²) in [5, 5.41) is 3.27. The van der Waals surface area contributed by atoms with Crippen LogP contribution in [-0.2, 0) is 6.54 Å². The summed E-state index contributed by atoms with van der Waals surface area (Å²) in [4.78, 5) is 0. The number of fused-ring (bicyclic) bond motifs is 1. The van der Waals surface area contributed by atoms with Crippen molar-refractivity contribution in [2.24, 2.45) is 5.73 Å². The molecule has 1 unspecified atom stereocenters. The molecular weight excluding hydrogens is 136 g/mol. The van der Waals surface area contributed by atoms with Gasteiger partial charge in [0.2, 0.25) is 0 Å². The van der Waals surface area contributed by atoms with Crippen LogP contribution < -0.4 is 11.1 Å². The zero-order valence-corrected chi connectivity index (χ0v) is 6.38. The van der Waals surface area contributed by atoms with E-state index in [9.17, 15) is 0 Å². The normalized spacial score (nSPS) is 22.8. The van der Waals surface area contributed by atoms with Crippen LogP contribution in [-0.4, -0.2) is 6.54 Å². The Morgan fingerprint density at radius 1 is 1.36 bits per heavy atom. The molecule has 0 radical (unpaired) electrons. The first-order valence-electron chi connectivity index (χ1n) is 3.92. The van der Waals surface area contributed by atoms with Gasteiger partial charge >= 0.3 is 0 Å². The molecule has 1 atom stereocenters. The molecule has 2 heteroatoms. The molecule has 1 heterocycles. The average Bonchev–Trinajstić information content (AvgIpc) is 2.06. The van der Waals surface area contributed by atoms with Gasteiger partial charge < -0.3 is 11.1 Å².